The summed E-state index contributed by atoms with van der Waals surface area (Å²) in [5.41, 5.74) is 3.96. The molecule has 53 heavy (non-hydrogen) atoms. The van der Waals surface area contributed by atoms with Crippen LogP contribution in [0.15, 0.2) is 91.4 Å². The number of imide groups is 2. The van der Waals surface area contributed by atoms with Crippen LogP contribution in [-0.2, 0) is 21.6 Å². The van der Waals surface area contributed by atoms with Crippen molar-refractivity contribution in [1.29, 1.82) is 0 Å². The Hall–Kier alpha value is -6.44. The summed E-state index contributed by atoms with van der Waals surface area (Å²) in [6.07, 6.45) is 6.58. The van der Waals surface area contributed by atoms with Crippen molar-refractivity contribution in [2.75, 3.05) is 5.32 Å². The molecule has 1 saturated heterocycles. The largest absolute Gasteiger partial charge is 0.490 e. The third-order valence-corrected chi connectivity index (χ3v) is 10.0. The molecule has 2 fully saturated rings. The van der Waals surface area contributed by atoms with Crippen molar-refractivity contribution in [2.45, 2.75) is 69.7 Å². The number of fused-ring (bicyclic) bond motifs is 1. The van der Waals surface area contributed by atoms with Crippen LogP contribution in [-0.4, -0.2) is 71.7 Å². The van der Waals surface area contributed by atoms with Crippen molar-refractivity contribution in [2.24, 2.45) is 0 Å². The molecule has 1 saturated carbocycles. The fourth-order valence-corrected chi connectivity index (χ4v) is 6.89. The van der Waals surface area contributed by atoms with Gasteiger partial charge < -0.3 is 14.8 Å². The van der Waals surface area contributed by atoms with Gasteiger partial charge in [0, 0.05) is 42.6 Å². The first-order valence-corrected chi connectivity index (χ1v) is 17.4. The average molecular weight is 713 g/mol. The molecular formula is C39H36N8O6. The van der Waals surface area contributed by atoms with Crippen molar-refractivity contribution in [3.8, 4) is 17.4 Å². The van der Waals surface area contributed by atoms with Crippen molar-refractivity contribution in [3.63, 3.8) is 0 Å². The second-order valence-electron chi connectivity index (χ2n) is 13.9. The van der Waals surface area contributed by atoms with Gasteiger partial charge in [0.05, 0.1) is 29.2 Å². The topological polar surface area (TPSA) is 171 Å². The van der Waals surface area contributed by atoms with Crippen LogP contribution in [0.1, 0.15) is 77.1 Å². The van der Waals surface area contributed by atoms with E-state index in [-0.39, 0.29) is 48.1 Å². The fraction of sp³-hybridized carbons (Fsp3) is 0.282. The number of hydrogen-bond donors (Lipinski definition) is 2. The number of nitrogens with one attached hydrogen (secondary N) is 2. The SMILES string of the molecule is CC(C)(c1ccc(OCc2ccnc(-n3nccn3)n2)cc1)c1ccc(O[C@H]2C[C@@H](Nc3ccc4c(c3)C(=O)N(C3CCC(=O)NC3=O)C4=O)C2)cc1. The third kappa shape index (κ3) is 6.70. The Morgan fingerprint density at radius 2 is 1.51 bits per heavy atom. The van der Waals surface area contributed by atoms with Crippen molar-refractivity contribution >= 4 is 29.3 Å². The Balaban J connectivity index is 0.823. The molecule has 0 radical (unpaired) electrons. The first-order chi connectivity index (χ1) is 25.6. The second-order valence-corrected chi connectivity index (χ2v) is 13.9. The molecule has 2 aromatic heterocycles. The lowest BCUT2D eigenvalue weighted by Gasteiger charge is -2.36. The molecule has 268 valence electrons. The van der Waals surface area contributed by atoms with Crippen LogP contribution >= 0.6 is 0 Å². The fourth-order valence-electron chi connectivity index (χ4n) is 6.89. The normalized spacial score (nSPS) is 19.7. The zero-order valence-corrected chi connectivity index (χ0v) is 29.1. The molecule has 2 aliphatic heterocycles. The van der Waals surface area contributed by atoms with E-state index in [2.05, 4.69) is 68.9 Å². The van der Waals surface area contributed by atoms with E-state index < -0.39 is 29.7 Å². The Labute approximate surface area is 304 Å². The first-order valence-electron chi connectivity index (χ1n) is 17.4. The van der Waals surface area contributed by atoms with Crippen molar-refractivity contribution in [3.05, 3.63) is 119 Å². The molecule has 0 spiro atoms. The van der Waals surface area contributed by atoms with E-state index >= 15 is 0 Å². The lowest BCUT2D eigenvalue weighted by Crippen LogP contribution is -2.54. The highest BCUT2D eigenvalue weighted by Crippen LogP contribution is 2.36. The van der Waals surface area contributed by atoms with E-state index in [0.29, 0.717) is 17.3 Å². The summed E-state index contributed by atoms with van der Waals surface area (Å²) in [5, 5.41) is 13.8. The number of piperidine rings is 1. The monoisotopic (exact) mass is 712 g/mol. The van der Waals surface area contributed by atoms with E-state index in [9.17, 15) is 19.2 Å². The highest BCUT2D eigenvalue weighted by molar-refractivity contribution is 6.23. The number of ether oxygens (including phenoxy) is 2. The summed E-state index contributed by atoms with van der Waals surface area (Å²) in [7, 11) is 0. The van der Waals surface area contributed by atoms with Crippen LogP contribution in [0.4, 0.5) is 5.69 Å². The van der Waals surface area contributed by atoms with E-state index in [1.165, 1.54) is 4.80 Å². The number of aromatic nitrogens is 5. The number of hydrogen-bond acceptors (Lipinski definition) is 11. The highest BCUT2D eigenvalue weighted by atomic mass is 16.5. The summed E-state index contributed by atoms with van der Waals surface area (Å²) >= 11 is 0. The summed E-state index contributed by atoms with van der Waals surface area (Å²) in [5.74, 6) is -0.160. The first kappa shape index (κ1) is 33.7. The minimum atomic E-state index is -0.988. The van der Waals surface area contributed by atoms with Crippen LogP contribution in [0.2, 0.25) is 0 Å². The molecule has 3 aliphatic rings. The molecule has 8 rings (SSSR count). The third-order valence-electron chi connectivity index (χ3n) is 10.0. The Morgan fingerprint density at radius 3 is 2.21 bits per heavy atom. The Morgan fingerprint density at radius 1 is 0.830 bits per heavy atom. The van der Waals surface area contributed by atoms with Crippen LogP contribution in [0.5, 0.6) is 11.5 Å². The molecular weight excluding hydrogens is 676 g/mol. The maximum Gasteiger partial charge on any atom is 0.269 e. The minimum absolute atomic E-state index is 0.0377. The number of rotatable bonds is 11. The molecule has 4 amide bonds. The maximum atomic E-state index is 13.2. The molecule has 2 N–H and O–H groups in total. The molecule has 3 aromatic carbocycles. The van der Waals surface area contributed by atoms with Gasteiger partial charge in [-0.2, -0.15) is 10.2 Å². The Kier molecular flexibility index (Phi) is 8.64. The predicted octanol–water partition coefficient (Wildman–Crippen LogP) is 4.39. The van der Waals surface area contributed by atoms with Gasteiger partial charge in [0.1, 0.15) is 30.3 Å². The molecule has 4 heterocycles. The number of anilines is 1. The van der Waals surface area contributed by atoms with Gasteiger partial charge >= 0.3 is 0 Å². The summed E-state index contributed by atoms with van der Waals surface area (Å²) < 4.78 is 12.3. The molecule has 14 heteroatoms. The number of carbonyl (C=O) groups is 4. The lowest BCUT2D eigenvalue weighted by atomic mass is 9.78. The van der Waals surface area contributed by atoms with Crippen LogP contribution in [0, 0.1) is 0 Å². The lowest BCUT2D eigenvalue weighted by molar-refractivity contribution is -0.136. The molecule has 1 atom stereocenters. The maximum absolute atomic E-state index is 13.2. The molecule has 1 aliphatic carbocycles. The van der Waals surface area contributed by atoms with Gasteiger partial charge in [0.25, 0.3) is 17.8 Å². The molecule has 14 nitrogen and oxygen atoms in total. The highest BCUT2D eigenvalue weighted by Gasteiger charge is 2.45. The van der Waals surface area contributed by atoms with E-state index in [0.717, 1.165) is 40.4 Å². The number of benzene rings is 3. The van der Waals surface area contributed by atoms with Crippen LogP contribution in [0.3, 0.4) is 0 Å². The zero-order chi connectivity index (χ0) is 36.7. The summed E-state index contributed by atoms with van der Waals surface area (Å²) in [4.78, 5) is 61.1. The van der Waals surface area contributed by atoms with Gasteiger partial charge in [0.2, 0.25) is 11.8 Å². The van der Waals surface area contributed by atoms with E-state index in [4.69, 9.17) is 9.47 Å². The van der Waals surface area contributed by atoms with Crippen molar-refractivity contribution < 1.29 is 28.7 Å². The van der Waals surface area contributed by atoms with Gasteiger partial charge in [-0.3, -0.25) is 29.4 Å². The molecule has 5 aromatic rings. The second kappa shape index (κ2) is 13.6. The predicted molar refractivity (Wildman–Crippen MR) is 190 cm³/mol. The zero-order valence-electron chi connectivity index (χ0n) is 29.1. The molecule has 1 unspecified atom stereocenters. The van der Waals surface area contributed by atoms with E-state index in [1.54, 1.807) is 42.9 Å². The number of carbonyl (C=O) groups excluding carboxylic acids is 4. The minimum Gasteiger partial charge on any atom is -0.490 e. The Bertz CT molecular complexity index is 2200. The van der Waals surface area contributed by atoms with Gasteiger partial charge in [-0.15, -0.1) is 4.80 Å². The van der Waals surface area contributed by atoms with Gasteiger partial charge in [-0.05, 0) is 66.1 Å². The number of amides is 4. The summed E-state index contributed by atoms with van der Waals surface area (Å²) in [6.45, 7) is 4.64. The van der Waals surface area contributed by atoms with Gasteiger partial charge in [0.15, 0.2) is 0 Å². The average Bonchev–Trinajstić information content (AvgIpc) is 3.77. The van der Waals surface area contributed by atoms with E-state index in [1.807, 2.05) is 24.3 Å². The van der Waals surface area contributed by atoms with Crippen LogP contribution in [0.25, 0.3) is 5.95 Å². The van der Waals surface area contributed by atoms with Crippen LogP contribution < -0.4 is 20.1 Å². The van der Waals surface area contributed by atoms with Gasteiger partial charge in [-0.25, -0.2) is 9.97 Å². The van der Waals surface area contributed by atoms with Gasteiger partial charge in [-0.1, -0.05) is 38.1 Å². The number of nitrogens with zero attached hydrogens (tertiary/aromatic N) is 6. The summed E-state index contributed by atoms with van der Waals surface area (Å²) in [6, 6.07) is 22.2. The molecule has 0 bridgehead atoms. The van der Waals surface area contributed by atoms with Crippen molar-refractivity contribution in [1.82, 2.24) is 35.2 Å². The standard InChI is InChI=1S/C39H36N8O6/c1-39(2,23-3-8-28(9-4-23)52-22-26-15-16-40-38(44-26)47-41-17-18-42-47)24-5-10-29(11-6-24)53-30-19-27(20-30)43-25-7-12-31-32(21-25)37(51)46(36(31)50)33-13-14-34(48)45-35(33)49/h3-12,15-18,21,27,30,33,43H,13-14,19-20,22H2,1-2H3,(H,45,48,49)/t27-,30+,33?. The smallest absolute Gasteiger partial charge is 0.269 e. The quantitative estimate of drug-likeness (QED) is 0.186.